The van der Waals surface area contributed by atoms with Crippen LogP contribution in [-0.4, -0.2) is 0 Å². The van der Waals surface area contributed by atoms with E-state index in [1.54, 1.807) is 0 Å². The molecule has 0 aliphatic heterocycles. The molecule has 0 bridgehead atoms. The third-order valence-electron chi connectivity index (χ3n) is 17.1. The summed E-state index contributed by atoms with van der Waals surface area (Å²) in [5.41, 5.74) is 25.5. The van der Waals surface area contributed by atoms with E-state index < -0.39 is 0 Å². The van der Waals surface area contributed by atoms with Crippen molar-refractivity contribution in [3.63, 3.8) is 0 Å². The van der Waals surface area contributed by atoms with Gasteiger partial charge in [-0.2, -0.15) is 0 Å². The van der Waals surface area contributed by atoms with Crippen molar-refractivity contribution in [3.05, 3.63) is 267 Å². The molecule has 2 aliphatic carbocycles. The van der Waals surface area contributed by atoms with Crippen molar-refractivity contribution in [2.75, 3.05) is 0 Å². The van der Waals surface area contributed by atoms with Gasteiger partial charge < -0.3 is 0 Å². The lowest BCUT2D eigenvalue weighted by molar-refractivity contribution is 1.59. The van der Waals surface area contributed by atoms with Gasteiger partial charge in [-0.15, -0.1) is 0 Å². The Morgan fingerprint density at radius 1 is 0.118 bits per heavy atom. The lowest BCUT2D eigenvalue weighted by atomic mass is 9.81. The standard InChI is InChI=1S/C76H44/c1-5-21-45(22-6-1)49-29-13-15-31-51(49)69-55-35-19-17-33-53(55)65(47-25-9-3-10-26-47)73-61-41-37-57-60-40-44-64-72-62(42-38-58(68(60)72)59-39-43-63(75(69)73)71(61)67(57)59)74-66(48-27-11-4-12-28-48)54-34-18-20-36-56(54)70(76(64)74)52-32-16-14-30-50(52)46-23-7-2-8-24-46/h1-44H. The summed E-state index contributed by atoms with van der Waals surface area (Å²) in [6.07, 6.45) is 0. The monoisotopic (exact) mass is 956 g/mol. The summed E-state index contributed by atoms with van der Waals surface area (Å²) in [6, 6.07) is 100. The van der Waals surface area contributed by atoms with Crippen molar-refractivity contribution < 1.29 is 0 Å². The maximum Gasteiger partial charge on any atom is -0.000718 e. The number of hydrogen-bond acceptors (Lipinski definition) is 0. The Morgan fingerprint density at radius 2 is 0.368 bits per heavy atom. The summed E-state index contributed by atoms with van der Waals surface area (Å²) in [5.74, 6) is 0. The molecule has 348 valence electrons. The van der Waals surface area contributed by atoms with Crippen LogP contribution in [-0.2, 0) is 0 Å². The average Bonchev–Trinajstić information content (AvgIpc) is 4.07. The van der Waals surface area contributed by atoms with Crippen molar-refractivity contribution >= 4 is 64.6 Å². The molecule has 0 nitrogen and oxygen atoms in total. The first-order valence-corrected chi connectivity index (χ1v) is 26.6. The predicted octanol–water partition coefficient (Wildman–Crippen LogP) is 21.3. The fourth-order valence-electron chi connectivity index (χ4n) is 14.2. The first kappa shape index (κ1) is 41.6. The molecule has 0 heterocycles. The number of rotatable bonds is 6. The number of hydrogen-bond donors (Lipinski definition) is 0. The maximum absolute atomic E-state index is 2.47. The Kier molecular flexibility index (Phi) is 8.65. The van der Waals surface area contributed by atoms with E-state index in [-0.39, 0.29) is 0 Å². The summed E-state index contributed by atoms with van der Waals surface area (Å²) in [7, 11) is 0. The number of fused-ring (bicyclic) bond motifs is 10. The highest BCUT2D eigenvalue weighted by Gasteiger charge is 2.36. The molecule has 15 aromatic carbocycles. The molecule has 0 radical (unpaired) electrons. The van der Waals surface area contributed by atoms with Gasteiger partial charge in [0.15, 0.2) is 0 Å². The van der Waals surface area contributed by atoms with Gasteiger partial charge in [0.25, 0.3) is 0 Å². The van der Waals surface area contributed by atoms with Crippen molar-refractivity contribution in [3.8, 4) is 111 Å². The Morgan fingerprint density at radius 3 is 0.697 bits per heavy atom. The van der Waals surface area contributed by atoms with Gasteiger partial charge in [0, 0.05) is 0 Å². The minimum Gasteiger partial charge on any atom is -0.0622 e. The fraction of sp³-hybridized carbons (Fsp3) is 0. The second-order valence-corrected chi connectivity index (χ2v) is 20.8. The van der Waals surface area contributed by atoms with Crippen LogP contribution in [0.4, 0.5) is 0 Å². The molecule has 76 heavy (non-hydrogen) atoms. The van der Waals surface area contributed by atoms with Gasteiger partial charge in [0.1, 0.15) is 0 Å². The number of benzene rings is 15. The van der Waals surface area contributed by atoms with Crippen LogP contribution in [0.1, 0.15) is 0 Å². The topological polar surface area (TPSA) is 0 Å². The van der Waals surface area contributed by atoms with E-state index in [1.165, 1.54) is 176 Å². The minimum absolute atomic E-state index is 1.22. The molecule has 0 saturated heterocycles. The van der Waals surface area contributed by atoms with Crippen molar-refractivity contribution in [1.82, 2.24) is 0 Å². The van der Waals surface area contributed by atoms with Crippen molar-refractivity contribution in [2.45, 2.75) is 0 Å². The molecule has 0 saturated carbocycles. The molecule has 0 amide bonds. The van der Waals surface area contributed by atoms with Crippen LogP contribution < -0.4 is 0 Å². The molecule has 15 aromatic rings. The van der Waals surface area contributed by atoms with Crippen molar-refractivity contribution in [1.29, 1.82) is 0 Å². The van der Waals surface area contributed by atoms with Crippen LogP contribution in [0.5, 0.6) is 0 Å². The third-order valence-corrected chi connectivity index (χ3v) is 17.1. The summed E-state index contributed by atoms with van der Waals surface area (Å²) in [5, 5.41) is 15.7. The highest BCUT2D eigenvalue weighted by molar-refractivity contribution is 6.42. The normalized spacial score (nSPS) is 12.2. The molecule has 0 heteroatoms. The zero-order chi connectivity index (χ0) is 49.6. The van der Waals surface area contributed by atoms with Gasteiger partial charge in [0.05, 0.1) is 0 Å². The van der Waals surface area contributed by atoms with Crippen LogP contribution in [0.25, 0.3) is 176 Å². The van der Waals surface area contributed by atoms with Gasteiger partial charge in [-0.3, -0.25) is 0 Å². The smallest absolute Gasteiger partial charge is 0.000718 e. The van der Waals surface area contributed by atoms with Gasteiger partial charge >= 0.3 is 0 Å². The SMILES string of the molecule is c1ccc(-c2ccccc2-c2c3c(c(-c4ccccc4)c4ccccc24)-c2ccc4c5ccc6c7c(ccc(c8ccc-3c2c48)c75)-c2c-6c(-c3ccccc3-c3ccccc3)c3ccccc3c2-c2ccccc2)cc1. The Labute approximate surface area is 440 Å². The molecule has 0 atom stereocenters. The second kappa shape index (κ2) is 15.8. The summed E-state index contributed by atoms with van der Waals surface area (Å²) in [6.45, 7) is 0. The van der Waals surface area contributed by atoms with Crippen LogP contribution in [0.15, 0.2) is 267 Å². The van der Waals surface area contributed by atoms with E-state index >= 15 is 0 Å². The highest BCUT2D eigenvalue weighted by Crippen LogP contribution is 2.63. The summed E-state index contributed by atoms with van der Waals surface area (Å²) in [4.78, 5) is 0. The van der Waals surface area contributed by atoms with Crippen LogP contribution >= 0.6 is 0 Å². The van der Waals surface area contributed by atoms with E-state index in [4.69, 9.17) is 0 Å². The van der Waals surface area contributed by atoms with E-state index in [2.05, 4.69) is 267 Å². The van der Waals surface area contributed by atoms with Crippen LogP contribution in [0.2, 0.25) is 0 Å². The summed E-state index contributed by atoms with van der Waals surface area (Å²) >= 11 is 0. The van der Waals surface area contributed by atoms with Crippen molar-refractivity contribution in [2.24, 2.45) is 0 Å². The lowest BCUT2D eigenvalue weighted by Gasteiger charge is -2.22. The Balaban J connectivity index is 0.992. The first-order valence-electron chi connectivity index (χ1n) is 26.6. The van der Waals surface area contributed by atoms with E-state index in [0.29, 0.717) is 0 Å². The summed E-state index contributed by atoms with van der Waals surface area (Å²) < 4.78 is 0. The molecule has 0 aromatic heterocycles. The van der Waals surface area contributed by atoms with Gasteiger partial charge in [0.2, 0.25) is 0 Å². The highest BCUT2D eigenvalue weighted by atomic mass is 14.4. The van der Waals surface area contributed by atoms with Gasteiger partial charge in [-0.1, -0.05) is 267 Å². The lowest BCUT2D eigenvalue weighted by Crippen LogP contribution is -1.95. The largest absolute Gasteiger partial charge is 0.0622 e. The van der Waals surface area contributed by atoms with E-state index in [9.17, 15) is 0 Å². The molecule has 0 spiro atoms. The molecule has 0 fully saturated rings. The van der Waals surface area contributed by atoms with Crippen LogP contribution in [0.3, 0.4) is 0 Å². The molecular weight excluding hydrogens is 913 g/mol. The van der Waals surface area contributed by atoms with E-state index in [0.717, 1.165) is 0 Å². The minimum atomic E-state index is 1.22. The quantitative estimate of drug-likeness (QED) is 0.115. The predicted molar refractivity (Wildman–Crippen MR) is 324 cm³/mol. The molecule has 0 unspecified atom stereocenters. The van der Waals surface area contributed by atoms with E-state index in [1.807, 2.05) is 0 Å². The van der Waals surface area contributed by atoms with Gasteiger partial charge in [-0.05, 0) is 176 Å². The molecule has 0 N–H and O–H groups in total. The van der Waals surface area contributed by atoms with Crippen LogP contribution in [0, 0.1) is 0 Å². The Hall–Kier alpha value is -9.88. The molecule has 2 aliphatic rings. The molecular formula is C76H44. The van der Waals surface area contributed by atoms with Gasteiger partial charge in [-0.25, -0.2) is 0 Å². The fourth-order valence-corrected chi connectivity index (χ4v) is 14.2. The third kappa shape index (κ3) is 5.57. The Bertz CT molecular complexity index is 4600. The first-order chi connectivity index (χ1) is 37.8. The zero-order valence-electron chi connectivity index (χ0n) is 41.4. The second-order valence-electron chi connectivity index (χ2n) is 20.8. The zero-order valence-corrected chi connectivity index (χ0v) is 41.4. The maximum atomic E-state index is 2.47. The average molecular weight is 957 g/mol. The molecule has 17 rings (SSSR count).